The van der Waals surface area contributed by atoms with E-state index in [-0.39, 0.29) is 11.7 Å². The Morgan fingerprint density at radius 3 is 2.62 bits per heavy atom. The molecule has 1 heterocycles. The maximum absolute atomic E-state index is 11.9. The molecule has 0 amide bonds. The molecule has 0 aliphatic heterocycles. The molecule has 6 nitrogen and oxygen atoms in total. The maximum Gasteiger partial charge on any atom is 0.296 e. The number of hydrogen-bond acceptors (Lipinski definition) is 6. The predicted octanol–water partition coefficient (Wildman–Crippen LogP) is -0.00910. The first-order valence-electron chi connectivity index (χ1n) is 4.08. The fraction of sp³-hybridized carbons (Fsp3) is 0.571. The van der Waals surface area contributed by atoms with Crippen molar-refractivity contribution in [3.8, 4) is 0 Å². The van der Waals surface area contributed by atoms with Gasteiger partial charge in [0.25, 0.3) is 6.43 Å². The maximum atomic E-state index is 11.9. The lowest BCUT2D eigenvalue weighted by Gasteiger charge is -1.92. The number of sulfone groups is 1. The second-order valence-corrected chi connectivity index (χ2v) is 5.26. The van der Waals surface area contributed by atoms with Gasteiger partial charge in [-0.15, -0.1) is 0 Å². The molecule has 9 heteroatoms. The minimum atomic E-state index is -3.33. The van der Waals surface area contributed by atoms with Crippen molar-refractivity contribution in [1.82, 2.24) is 10.1 Å². The Labute approximate surface area is 89.6 Å². The third-order valence-electron chi connectivity index (χ3n) is 1.47. The summed E-state index contributed by atoms with van der Waals surface area (Å²) < 4.78 is 49.8. The van der Waals surface area contributed by atoms with Gasteiger partial charge in [-0.2, -0.15) is 4.98 Å². The number of aromatic nitrogens is 2. The van der Waals surface area contributed by atoms with Crippen LogP contribution in [0.3, 0.4) is 0 Å². The number of carbonyl (C=O) groups excluding carboxylic acids is 1. The molecule has 0 N–H and O–H groups in total. The van der Waals surface area contributed by atoms with Crippen LogP contribution in [0.4, 0.5) is 8.78 Å². The highest BCUT2D eigenvalue weighted by molar-refractivity contribution is 7.89. The Bertz CT molecular complexity index is 482. The molecule has 0 fully saturated rings. The molecule has 1 aromatic heterocycles. The normalized spacial score (nSPS) is 12.0. The molecule has 0 saturated carbocycles. The van der Waals surface area contributed by atoms with Crippen LogP contribution < -0.4 is 0 Å². The monoisotopic (exact) mass is 254 g/mol. The van der Waals surface area contributed by atoms with E-state index in [1.165, 1.54) is 0 Å². The van der Waals surface area contributed by atoms with E-state index >= 15 is 0 Å². The van der Waals surface area contributed by atoms with E-state index in [0.717, 1.165) is 6.26 Å². The quantitative estimate of drug-likeness (QED) is 0.734. The lowest BCUT2D eigenvalue weighted by Crippen LogP contribution is -2.13. The number of ketones is 1. The van der Waals surface area contributed by atoms with Gasteiger partial charge in [-0.3, -0.25) is 4.79 Å². The molecule has 0 aliphatic rings. The molecule has 0 spiro atoms. The van der Waals surface area contributed by atoms with Crippen LogP contribution in [0.15, 0.2) is 4.52 Å². The van der Waals surface area contributed by atoms with Gasteiger partial charge in [0.05, 0.1) is 6.42 Å². The molecule has 0 aliphatic carbocycles. The zero-order valence-electron chi connectivity index (χ0n) is 8.18. The van der Waals surface area contributed by atoms with E-state index in [0.29, 0.717) is 0 Å². The average molecular weight is 254 g/mol. The van der Waals surface area contributed by atoms with E-state index < -0.39 is 34.2 Å². The minimum absolute atomic E-state index is 0.153. The van der Waals surface area contributed by atoms with Gasteiger partial charge in [0.1, 0.15) is 5.75 Å². The van der Waals surface area contributed by atoms with Gasteiger partial charge in [-0.05, 0) is 0 Å². The van der Waals surface area contributed by atoms with Gasteiger partial charge in [0.2, 0.25) is 11.7 Å². The summed E-state index contributed by atoms with van der Waals surface area (Å²) in [6, 6.07) is 0. The third kappa shape index (κ3) is 4.01. The largest absolute Gasteiger partial charge is 0.339 e. The molecular formula is C7H8F2N2O4S. The summed E-state index contributed by atoms with van der Waals surface area (Å²) in [4.78, 5) is 14.1. The molecule has 0 aromatic carbocycles. The van der Waals surface area contributed by atoms with Crippen molar-refractivity contribution >= 4 is 15.6 Å². The lowest BCUT2D eigenvalue weighted by molar-refractivity contribution is -0.129. The fourth-order valence-corrected chi connectivity index (χ4v) is 1.47. The summed E-state index contributed by atoms with van der Waals surface area (Å²) >= 11 is 0. The van der Waals surface area contributed by atoms with E-state index in [2.05, 4.69) is 14.7 Å². The van der Waals surface area contributed by atoms with E-state index in [1.54, 1.807) is 0 Å². The number of alkyl halides is 2. The molecular weight excluding hydrogens is 246 g/mol. The number of rotatable bonds is 5. The number of hydrogen-bond donors (Lipinski definition) is 0. The molecule has 0 radical (unpaired) electrons. The first kappa shape index (κ1) is 12.7. The van der Waals surface area contributed by atoms with Gasteiger partial charge in [0.15, 0.2) is 15.7 Å². The zero-order valence-corrected chi connectivity index (χ0v) is 9.00. The Kier molecular flexibility index (Phi) is 3.68. The summed E-state index contributed by atoms with van der Waals surface area (Å²) in [5.74, 6) is -2.28. The molecule has 1 rings (SSSR count). The van der Waals surface area contributed by atoms with Crippen molar-refractivity contribution in [2.45, 2.75) is 18.6 Å². The van der Waals surface area contributed by atoms with Crippen LogP contribution in [-0.2, 0) is 26.8 Å². The van der Waals surface area contributed by atoms with Crippen molar-refractivity contribution in [3.05, 3.63) is 11.7 Å². The van der Waals surface area contributed by atoms with Gasteiger partial charge in [-0.1, -0.05) is 5.16 Å². The first-order chi connectivity index (χ1) is 7.28. The highest BCUT2D eigenvalue weighted by atomic mass is 32.2. The smallest absolute Gasteiger partial charge is 0.296 e. The Balaban J connectivity index is 2.69. The molecule has 1 aromatic rings. The van der Waals surface area contributed by atoms with Gasteiger partial charge >= 0.3 is 0 Å². The SMILES string of the molecule is CS(=O)(=O)Cc1noc(CC(=O)C(F)F)n1. The highest BCUT2D eigenvalue weighted by Crippen LogP contribution is 2.05. The zero-order chi connectivity index (χ0) is 12.3. The summed E-state index contributed by atoms with van der Waals surface area (Å²) in [6.07, 6.45) is -2.84. The first-order valence-corrected chi connectivity index (χ1v) is 6.14. The van der Waals surface area contributed by atoms with Crippen molar-refractivity contribution in [2.75, 3.05) is 6.26 Å². The number of Topliss-reactive ketones (excluding diaryl/α,β-unsaturated/α-hetero) is 1. The highest BCUT2D eigenvalue weighted by Gasteiger charge is 2.20. The van der Waals surface area contributed by atoms with E-state index in [1.807, 2.05) is 0 Å². The van der Waals surface area contributed by atoms with Crippen LogP contribution in [0.2, 0.25) is 0 Å². The summed E-state index contributed by atoms with van der Waals surface area (Å²) in [7, 11) is -3.33. The summed E-state index contributed by atoms with van der Waals surface area (Å²) in [6.45, 7) is 0. The summed E-state index contributed by atoms with van der Waals surface area (Å²) in [5.41, 5.74) is 0. The third-order valence-corrected chi connectivity index (χ3v) is 2.25. The van der Waals surface area contributed by atoms with Crippen molar-refractivity contribution in [1.29, 1.82) is 0 Å². The topological polar surface area (TPSA) is 90.1 Å². The molecule has 0 bridgehead atoms. The van der Waals surface area contributed by atoms with E-state index in [9.17, 15) is 22.0 Å². The van der Waals surface area contributed by atoms with Crippen molar-refractivity contribution < 1.29 is 26.5 Å². The number of carbonyl (C=O) groups is 1. The number of nitrogens with zero attached hydrogens (tertiary/aromatic N) is 2. The van der Waals surface area contributed by atoms with Crippen LogP contribution >= 0.6 is 0 Å². The van der Waals surface area contributed by atoms with Crippen LogP contribution in [0.1, 0.15) is 11.7 Å². The molecule has 16 heavy (non-hydrogen) atoms. The van der Waals surface area contributed by atoms with Crippen LogP contribution in [0.5, 0.6) is 0 Å². The Morgan fingerprint density at radius 1 is 1.50 bits per heavy atom. The average Bonchev–Trinajstić information content (AvgIpc) is 2.49. The van der Waals surface area contributed by atoms with Crippen molar-refractivity contribution in [2.24, 2.45) is 0 Å². The summed E-state index contributed by atoms with van der Waals surface area (Å²) in [5, 5.41) is 3.25. The second kappa shape index (κ2) is 4.64. The van der Waals surface area contributed by atoms with Crippen LogP contribution in [0.25, 0.3) is 0 Å². The molecule has 90 valence electrons. The fourth-order valence-electron chi connectivity index (χ4n) is 0.881. The lowest BCUT2D eigenvalue weighted by atomic mass is 10.3. The van der Waals surface area contributed by atoms with Gasteiger partial charge < -0.3 is 4.52 Å². The second-order valence-electron chi connectivity index (χ2n) is 3.12. The van der Waals surface area contributed by atoms with Crippen LogP contribution in [-0.4, -0.2) is 37.0 Å². The van der Waals surface area contributed by atoms with E-state index in [4.69, 9.17) is 0 Å². The molecule has 0 atom stereocenters. The Morgan fingerprint density at radius 2 is 2.12 bits per heavy atom. The molecule has 0 saturated heterocycles. The van der Waals surface area contributed by atoms with Gasteiger partial charge in [-0.25, -0.2) is 17.2 Å². The predicted molar refractivity (Wildman–Crippen MR) is 47.6 cm³/mol. The Hall–Kier alpha value is -1.38. The molecule has 0 unspecified atom stereocenters. The van der Waals surface area contributed by atoms with Gasteiger partial charge in [0, 0.05) is 6.26 Å². The number of halogens is 2. The van der Waals surface area contributed by atoms with Crippen molar-refractivity contribution in [3.63, 3.8) is 0 Å². The minimum Gasteiger partial charge on any atom is -0.339 e. The standard InChI is InChI=1S/C7H8F2N2O4S/c1-16(13,14)3-5-10-6(15-11-5)2-4(12)7(8)9/h7H,2-3H2,1H3. The van der Waals surface area contributed by atoms with Crippen LogP contribution in [0, 0.1) is 0 Å².